The van der Waals surface area contributed by atoms with E-state index in [-0.39, 0.29) is 11.3 Å². The highest BCUT2D eigenvalue weighted by Crippen LogP contribution is 2.49. The van der Waals surface area contributed by atoms with E-state index in [1.807, 2.05) is 48.3 Å². The monoisotopic (exact) mass is 314 g/mol. The number of benzene rings is 1. The lowest BCUT2D eigenvalue weighted by molar-refractivity contribution is -0.132. The maximum Gasteiger partial charge on any atom is 0.232 e. The van der Waals surface area contributed by atoms with Crippen molar-refractivity contribution in [1.82, 2.24) is 9.88 Å². The highest BCUT2D eigenvalue weighted by Gasteiger charge is 2.52. The first-order valence-corrected chi connectivity index (χ1v) is 7.90. The summed E-state index contributed by atoms with van der Waals surface area (Å²) < 4.78 is 0. The highest BCUT2D eigenvalue weighted by atomic mass is 35.5. The first kappa shape index (κ1) is 15.0. The topological polar surface area (TPSA) is 33.2 Å². The summed E-state index contributed by atoms with van der Waals surface area (Å²) in [7, 11) is 1.89. The number of carbonyl (C=O) groups excluding carboxylic acids is 1. The van der Waals surface area contributed by atoms with Crippen molar-refractivity contribution >= 4 is 17.5 Å². The van der Waals surface area contributed by atoms with E-state index >= 15 is 0 Å². The summed E-state index contributed by atoms with van der Waals surface area (Å²) >= 11 is 5.94. The minimum absolute atomic E-state index is 0.212. The fourth-order valence-corrected chi connectivity index (χ4v) is 2.96. The molecule has 0 bridgehead atoms. The minimum atomic E-state index is -0.322. The van der Waals surface area contributed by atoms with Gasteiger partial charge in [-0.2, -0.15) is 0 Å². The van der Waals surface area contributed by atoms with Gasteiger partial charge in [0.25, 0.3) is 0 Å². The van der Waals surface area contributed by atoms with Crippen molar-refractivity contribution in [1.29, 1.82) is 0 Å². The van der Waals surface area contributed by atoms with E-state index in [9.17, 15) is 4.79 Å². The van der Waals surface area contributed by atoms with Crippen molar-refractivity contribution < 1.29 is 4.79 Å². The van der Waals surface area contributed by atoms with Crippen LogP contribution in [0.4, 0.5) is 0 Å². The molecule has 1 heterocycles. The molecule has 3 rings (SSSR count). The summed E-state index contributed by atoms with van der Waals surface area (Å²) in [6.07, 6.45) is 6.27. The number of likely N-dealkylation sites (N-methyl/N-ethyl adjacent to an activating group) is 1. The van der Waals surface area contributed by atoms with E-state index < -0.39 is 0 Å². The molecule has 1 aromatic heterocycles. The Morgan fingerprint density at radius 3 is 2.41 bits per heavy atom. The molecule has 0 unspecified atom stereocenters. The van der Waals surface area contributed by atoms with Crippen LogP contribution >= 0.6 is 11.6 Å². The van der Waals surface area contributed by atoms with E-state index in [4.69, 9.17) is 11.6 Å². The average Bonchev–Trinajstić information content (AvgIpc) is 3.35. The molecule has 0 N–H and O–H groups in total. The molecule has 1 aromatic carbocycles. The van der Waals surface area contributed by atoms with Gasteiger partial charge in [0.1, 0.15) is 0 Å². The largest absolute Gasteiger partial charge is 0.345 e. The number of pyridine rings is 1. The Labute approximate surface area is 135 Å². The molecular weight excluding hydrogens is 296 g/mol. The Bertz CT molecular complexity index is 651. The van der Waals surface area contributed by atoms with Gasteiger partial charge in [-0.3, -0.25) is 9.78 Å². The molecule has 1 saturated carbocycles. The van der Waals surface area contributed by atoms with Crippen molar-refractivity contribution in [2.24, 2.45) is 0 Å². The van der Waals surface area contributed by atoms with Gasteiger partial charge >= 0.3 is 0 Å². The number of hydrogen-bond acceptors (Lipinski definition) is 2. The van der Waals surface area contributed by atoms with Crippen molar-refractivity contribution in [2.45, 2.75) is 24.7 Å². The Morgan fingerprint density at radius 2 is 1.82 bits per heavy atom. The number of nitrogens with zero attached hydrogens (tertiary/aromatic N) is 2. The second-order valence-corrected chi connectivity index (χ2v) is 6.36. The number of amides is 1. The molecule has 3 nitrogen and oxygen atoms in total. The van der Waals surface area contributed by atoms with E-state index in [0.717, 1.165) is 31.4 Å². The standard InChI is InChI=1S/C18H19ClN2O/c1-21(13-8-14-6-11-20-12-7-14)17(22)18(9-10-18)15-2-4-16(19)5-3-15/h2-7,11-12H,8-10,13H2,1H3. The van der Waals surface area contributed by atoms with Gasteiger partial charge in [-0.1, -0.05) is 23.7 Å². The summed E-state index contributed by atoms with van der Waals surface area (Å²) in [5.74, 6) is 0.212. The van der Waals surface area contributed by atoms with Crippen LogP contribution < -0.4 is 0 Å². The Hall–Kier alpha value is -1.87. The van der Waals surface area contributed by atoms with Gasteiger partial charge in [0.2, 0.25) is 5.91 Å². The molecular formula is C18H19ClN2O. The summed E-state index contributed by atoms with van der Waals surface area (Å²) in [5, 5.41) is 0.707. The Kier molecular flexibility index (Phi) is 4.16. The predicted molar refractivity (Wildman–Crippen MR) is 87.9 cm³/mol. The lowest BCUT2D eigenvalue weighted by atomic mass is 9.94. The quantitative estimate of drug-likeness (QED) is 0.846. The fourth-order valence-electron chi connectivity index (χ4n) is 2.83. The molecule has 1 aliphatic rings. The number of halogens is 1. The minimum Gasteiger partial charge on any atom is -0.345 e. The third kappa shape index (κ3) is 3.00. The van der Waals surface area contributed by atoms with Gasteiger partial charge in [-0.25, -0.2) is 0 Å². The van der Waals surface area contributed by atoms with Crippen LogP contribution in [-0.4, -0.2) is 29.4 Å². The molecule has 1 aliphatic carbocycles. The van der Waals surface area contributed by atoms with Crippen LogP contribution in [0.15, 0.2) is 48.8 Å². The van der Waals surface area contributed by atoms with Crippen LogP contribution in [0.5, 0.6) is 0 Å². The summed E-state index contributed by atoms with van der Waals surface area (Å²) in [5.41, 5.74) is 1.96. The number of carbonyl (C=O) groups is 1. The van der Waals surface area contributed by atoms with E-state index in [1.54, 1.807) is 12.4 Å². The lowest BCUT2D eigenvalue weighted by Gasteiger charge is -2.24. The second kappa shape index (κ2) is 6.09. The SMILES string of the molecule is CN(CCc1ccncc1)C(=O)C1(c2ccc(Cl)cc2)CC1. The first-order valence-electron chi connectivity index (χ1n) is 7.52. The van der Waals surface area contributed by atoms with Gasteiger partial charge in [0, 0.05) is 31.0 Å². The smallest absolute Gasteiger partial charge is 0.232 e. The van der Waals surface area contributed by atoms with Crippen molar-refractivity contribution in [3.05, 3.63) is 64.9 Å². The van der Waals surface area contributed by atoms with Crippen LogP contribution in [0.25, 0.3) is 0 Å². The Morgan fingerprint density at radius 1 is 1.18 bits per heavy atom. The molecule has 0 atom stereocenters. The number of aromatic nitrogens is 1. The maximum atomic E-state index is 12.8. The van der Waals surface area contributed by atoms with Crippen LogP contribution in [-0.2, 0) is 16.6 Å². The predicted octanol–water partition coefficient (Wildman–Crippen LogP) is 3.47. The number of rotatable bonds is 5. The van der Waals surface area contributed by atoms with Gasteiger partial charge in [0.15, 0.2) is 0 Å². The van der Waals surface area contributed by atoms with E-state index in [0.29, 0.717) is 5.02 Å². The van der Waals surface area contributed by atoms with Gasteiger partial charge in [-0.05, 0) is 54.7 Å². The zero-order valence-electron chi connectivity index (χ0n) is 12.6. The van der Waals surface area contributed by atoms with Crippen molar-refractivity contribution in [3.8, 4) is 0 Å². The summed E-state index contributed by atoms with van der Waals surface area (Å²) in [6, 6.07) is 11.7. The lowest BCUT2D eigenvalue weighted by Crippen LogP contribution is -2.37. The van der Waals surface area contributed by atoms with Gasteiger partial charge < -0.3 is 4.90 Å². The van der Waals surface area contributed by atoms with Crippen LogP contribution in [0.2, 0.25) is 5.02 Å². The highest BCUT2D eigenvalue weighted by molar-refractivity contribution is 6.30. The van der Waals surface area contributed by atoms with Crippen LogP contribution in [0.1, 0.15) is 24.0 Å². The third-order valence-corrected chi connectivity index (χ3v) is 4.64. The molecule has 0 spiro atoms. The molecule has 4 heteroatoms. The Balaban J connectivity index is 1.66. The fraction of sp³-hybridized carbons (Fsp3) is 0.333. The average molecular weight is 315 g/mol. The summed E-state index contributed by atoms with van der Waals surface area (Å²) in [6.45, 7) is 0.720. The van der Waals surface area contributed by atoms with Crippen LogP contribution in [0.3, 0.4) is 0 Å². The second-order valence-electron chi connectivity index (χ2n) is 5.92. The molecule has 22 heavy (non-hydrogen) atoms. The maximum absolute atomic E-state index is 12.8. The molecule has 114 valence electrons. The molecule has 0 radical (unpaired) electrons. The zero-order valence-corrected chi connectivity index (χ0v) is 13.4. The van der Waals surface area contributed by atoms with Crippen LogP contribution in [0, 0.1) is 0 Å². The number of hydrogen-bond donors (Lipinski definition) is 0. The zero-order chi connectivity index (χ0) is 15.6. The van der Waals surface area contributed by atoms with Crippen molar-refractivity contribution in [2.75, 3.05) is 13.6 Å². The van der Waals surface area contributed by atoms with Gasteiger partial charge in [0.05, 0.1) is 5.41 Å². The molecule has 1 amide bonds. The molecule has 0 saturated heterocycles. The first-order chi connectivity index (χ1) is 10.6. The molecule has 1 fully saturated rings. The van der Waals surface area contributed by atoms with Crippen molar-refractivity contribution in [3.63, 3.8) is 0 Å². The van der Waals surface area contributed by atoms with E-state index in [2.05, 4.69) is 4.98 Å². The summed E-state index contributed by atoms with van der Waals surface area (Å²) in [4.78, 5) is 18.7. The third-order valence-electron chi connectivity index (χ3n) is 4.39. The molecule has 2 aromatic rings. The molecule has 0 aliphatic heterocycles. The van der Waals surface area contributed by atoms with E-state index in [1.165, 1.54) is 5.56 Å². The normalized spacial score (nSPS) is 15.4. The van der Waals surface area contributed by atoms with Gasteiger partial charge in [-0.15, -0.1) is 0 Å².